The molecule has 0 heterocycles. The van der Waals surface area contributed by atoms with Gasteiger partial charge in [-0.25, -0.2) is 0 Å². The normalized spacial score (nSPS) is 15.0. The Bertz CT molecular complexity index is 137. The van der Waals surface area contributed by atoms with Crippen molar-refractivity contribution in [2.45, 2.75) is 85.9 Å². The van der Waals surface area contributed by atoms with Crippen LogP contribution in [-0.2, 0) is 0 Å². The molecule has 0 radical (unpaired) electrons. The van der Waals surface area contributed by atoms with Gasteiger partial charge >= 0.3 is 0 Å². The van der Waals surface area contributed by atoms with Crippen LogP contribution in [0, 0.1) is 0 Å². The minimum Gasteiger partial charge on any atom is -0.0815 e. The summed E-state index contributed by atoms with van der Waals surface area (Å²) in [6.07, 6.45) is 14.2. The molecule has 0 aliphatic carbocycles. The average Bonchev–Trinajstić information content (AvgIpc) is 2.30. The fraction of sp³-hybridized carbons (Fsp3) is 1.00. The van der Waals surface area contributed by atoms with Crippen molar-refractivity contribution in [2.24, 2.45) is 0 Å². The topological polar surface area (TPSA) is 0 Å². The van der Waals surface area contributed by atoms with Gasteiger partial charge in [-0.2, -0.15) is 0 Å². The Morgan fingerprint density at radius 2 is 1.06 bits per heavy atom. The van der Waals surface area contributed by atoms with Crippen LogP contribution in [0.4, 0.5) is 0 Å². The molecule has 0 saturated heterocycles. The van der Waals surface area contributed by atoms with E-state index in [1.165, 1.54) is 64.2 Å². The van der Waals surface area contributed by atoms with Gasteiger partial charge < -0.3 is 0 Å². The molecule has 0 saturated carbocycles. The van der Waals surface area contributed by atoms with E-state index in [1.54, 1.807) is 0 Å². The van der Waals surface area contributed by atoms with E-state index in [-0.39, 0.29) is 0 Å². The molecule has 0 aliphatic heterocycles. The third kappa shape index (κ3) is 10.6. The van der Waals surface area contributed by atoms with E-state index in [1.807, 2.05) is 0 Å². The Kier molecular flexibility index (Phi) is 14.1. The van der Waals surface area contributed by atoms with E-state index in [0.29, 0.717) is 0 Å². The van der Waals surface area contributed by atoms with Crippen molar-refractivity contribution < 1.29 is 0 Å². The maximum Gasteiger partial charge on any atom is 0.0227 e. The first-order valence-corrected chi connectivity index (χ1v) is 9.49. The quantitative estimate of drug-likeness (QED) is 0.191. The average molecular weight is 450 g/mol. The summed E-state index contributed by atoms with van der Waals surface area (Å²) in [6, 6.07) is 0. The molecule has 0 aromatic rings. The first-order chi connectivity index (χ1) is 7.72. The van der Waals surface area contributed by atoms with Crippen molar-refractivity contribution in [1.29, 1.82) is 0 Å². The van der Waals surface area contributed by atoms with Gasteiger partial charge in [0.15, 0.2) is 0 Å². The minimum absolute atomic E-state index is 0.897. The molecule has 2 atom stereocenters. The van der Waals surface area contributed by atoms with Crippen molar-refractivity contribution >= 4 is 45.2 Å². The van der Waals surface area contributed by atoms with E-state index < -0.39 is 0 Å². The van der Waals surface area contributed by atoms with Gasteiger partial charge in [-0.15, -0.1) is 0 Å². The standard InChI is InChI=1S/C14H28I2/c1-3-5-7-8-9-10-12-14(16)13(15)11-6-4-2/h13-14H,3-12H2,1-2H3. The SMILES string of the molecule is CCCCCCCCC(I)C(I)CCCC. The summed E-state index contributed by atoms with van der Waals surface area (Å²) in [7, 11) is 0. The van der Waals surface area contributed by atoms with E-state index in [4.69, 9.17) is 0 Å². The molecule has 0 aliphatic rings. The summed E-state index contributed by atoms with van der Waals surface area (Å²) in [5.41, 5.74) is 0. The summed E-state index contributed by atoms with van der Waals surface area (Å²) in [6.45, 7) is 4.58. The molecule has 0 fully saturated rings. The van der Waals surface area contributed by atoms with Gasteiger partial charge in [0.05, 0.1) is 0 Å². The third-order valence-corrected chi connectivity index (χ3v) is 7.42. The molecule has 0 spiro atoms. The lowest BCUT2D eigenvalue weighted by molar-refractivity contribution is 0.574. The smallest absolute Gasteiger partial charge is 0.0227 e. The summed E-state index contributed by atoms with van der Waals surface area (Å²) in [5.74, 6) is 0. The first-order valence-electron chi connectivity index (χ1n) is 7.00. The molecule has 98 valence electrons. The zero-order chi connectivity index (χ0) is 12.2. The lowest BCUT2D eigenvalue weighted by Crippen LogP contribution is -2.13. The van der Waals surface area contributed by atoms with Crippen LogP contribution in [0.15, 0.2) is 0 Å². The minimum atomic E-state index is 0.897. The van der Waals surface area contributed by atoms with Gasteiger partial charge in [-0.3, -0.25) is 0 Å². The number of alkyl halides is 2. The van der Waals surface area contributed by atoms with Crippen LogP contribution in [0.1, 0.15) is 78.1 Å². The predicted molar refractivity (Wildman–Crippen MR) is 93.1 cm³/mol. The van der Waals surface area contributed by atoms with Crippen molar-refractivity contribution in [3.05, 3.63) is 0 Å². The summed E-state index contributed by atoms with van der Waals surface area (Å²) in [4.78, 5) is 0. The van der Waals surface area contributed by atoms with Gasteiger partial charge in [0.1, 0.15) is 0 Å². The Morgan fingerprint density at radius 1 is 0.625 bits per heavy atom. The van der Waals surface area contributed by atoms with Gasteiger partial charge in [-0.1, -0.05) is 110 Å². The zero-order valence-electron chi connectivity index (χ0n) is 11.0. The molecule has 16 heavy (non-hydrogen) atoms. The van der Waals surface area contributed by atoms with Crippen LogP contribution in [0.3, 0.4) is 0 Å². The van der Waals surface area contributed by atoms with E-state index in [2.05, 4.69) is 59.0 Å². The highest BCUT2D eigenvalue weighted by Crippen LogP contribution is 2.25. The fourth-order valence-corrected chi connectivity index (χ4v) is 3.48. The van der Waals surface area contributed by atoms with Crippen molar-refractivity contribution in [3.63, 3.8) is 0 Å². The highest BCUT2D eigenvalue weighted by Gasteiger charge is 2.14. The molecular weight excluding hydrogens is 422 g/mol. The Balaban J connectivity index is 3.31. The number of hydrogen-bond acceptors (Lipinski definition) is 0. The molecule has 0 amide bonds. The summed E-state index contributed by atoms with van der Waals surface area (Å²) in [5, 5.41) is 0. The number of rotatable bonds is 11. The van der Waals surface area contributed by atoms with E-state index in [0.717, 1.165) is 7.85 Å². The van der Waals surface area contributed by atoms with Crippen LogP contribution in [0.25, 0.3) is 0 Å². The summed E-state index contributed by atoms with van der Waals surface area (Å²) < 4.78 is 1.80. The molecule has 0 rings (SSSR count). The Morgan fingerprint density at radius 3 is 1.62 bits per heavy atom. The molecule has 0 N–H and O–H groups in total. The van der Waals surface area contributed by atoms with Crippen LogP contribution in [-0.4, -0.2) is 7.85 Å². The van der Waals surface area contributed by atoms with Crippen LogP contribution >= 0.6 is 45.2 Å². The molecule has 2 heteroatoms. The maximum atomic E-state index is 2.67. The molecule has 0 aromatic heterocycles. The summed E-state index contributed by atoms with van der Waals surface area (Å²) >= 11 is 5.33. The first kappa shape index (κ1) is 17.5. The number of unbranched alkanes of at least 4 members (excludes halogenated alkanes) is 6. The third-order valence-electron chi connectivity index (χ3n) is 3.06. The van der Waals surface area contributed by atoms with Gasteiger partial charge in [0.25, 0.3) is 0 Å². The van der Waals surface area contributed by atoms with Gasteiger partial charge in [0, 0.05) is 7.85 Å². The van der Waals surface area contributed by atoms with E-state index in [9.17, 15) is 0 Å². The van der Waals surface area contributed by atoms with Crippen molar-refractivity contribution in [2.75, 3.05) is 0 Å². The van der Waals surface area contributed by atoms with Crippen molar-refractivity contribution in [1.82, 2.24) is 0 Å². The highest BCUT2D eigenvalue weighted by atomic mass is 127. The lowest BCUT2D eigenvalue weighted by atomic mass is 10.1. The molecular formula is C14H28I2. The molecule has 0 bridgehead atoms. The molecule has 0 aromatic carbocycles. The van der Waals surface area contributed by atoms with Crippen LogP contribution in [0.5, 0.6) is 0 Å². The number of halogens is 2. The second-order valence-electron chi connectivity index (χ2n) is 4.73. The van der Waals surface area contributed by atoms with Gasteiger partial charge in [-0.05, 0) is 12.8 Å². The van der Waals surface area contributed by atoms with Crippen molar-refractivity contribution in [3.8, 4) is 0 Å². The maximum absolute atomic E-state index is 2.67. The monoisotopic (exact) mass is 450 g/mol. The molecule has 0 nitrogen and oxygen atoms in total. The lowest BCUT2D eigenvalue weighted by Gasteiger charge is -2.16. The van der Waals surface area contributed by atoms with Crippen LogP contribution in [0.2, 0.25) is 0 Å². The zero-order valence-corrected chi connectivity index (χ0v) is 15.3. The Hall–Kier alpha value is 1.46. The second-order valence-corrected chi connectivity index (χ2v) is 7.93. The van der Waals surface area contributed by atoms with Crippen LogP contribution < -0.4 is 0 Å². The fourth-order valence-electron chi connectivity index (χ4n) is 1.88. The van der Waals surface area contributed by atoms with Gasteiger partial charge in [0.2, 0.25) is 0 Å². The Labute approximate surface area is 130 Å². The second kappa shape index (κ2) is 12.9. The largest absolute Gasteiger partial charge is 0.0815 e. The molecule has 2 unspecified atom stereocenters. The number of hydrogen-bond donors (Lipinski definition) is 0. The highest BCUT2D eigenvalue weighted by molar-refractivity contribution is 14.1. The van der Waals surface area contributed by atoms with E-state index >= 15 is 0 Å². The predicted octanol–water partition coefficient (Wildman–Crippen LogP) is 6.53.